The van der Waals surface area contributed by atoms with Crippen LogP contribution in [0.15, 0.2) is 60.7 Å². The van der Waals surface area contributed by atoms with Gasteiger partial charge in [-0.15, -0.1) is 0 Å². The summed E-state index contributed by atoms with van der Waals surface area (Å²) in [6, 6.07) is 18.1. The van der Waals surface area contributed by atoms with Gasteiger partial charge in [0.05, 0.1) is 13.2 Å². The third-order valence-corrected chi connectivity index (χ3v) is 7.00. The summed E-state index contributed by atoms with van der Waals surface area (Å²) in [4.78, 5) is 15.4. The Labute approximate surface area is 213 Å². The number of aromatic nitrogens is 2. The molecule has 1 aliphatic heterocycles. The highest BCUT2D eigenvalue weighted by Gasteiger charge is 2.42. The van der Waals surface area contributed by atoms with Crippen LogP contribution in [0.1, 0.15) is 38.8 Å². The number of aryl methyl sites for hydroxylation is 1. The molecule has 0 spiro atoms. The van der Waals surface area contributed by atoms with Gasteiger partial charge in [0.2, 0.25) is 0 Å². The van der Waals surface area contributed by atoms with E-state index in [0.29, 0.717) is 45.5 Å². The molecule has 1 amide bonds. The molecule has 1 atom stereocenters. The molecule has 1 aliphatic rings. The van der Waals surface area contributed by atoms with Crippen molar-refractivity contribution in [2.24, 2.45) is 0 Å². The zero-order chi connectivity index (χ0) is 24.7. The topological polar surface area (TPSA) is 78.5 Å². The highest BCUT2D eigenvalue weighted by Crippen LogP contribution is 2.45. The van der Waals surface area contributed by atoms with E-state index in [9.17, 15) is 9.90 Å². The number of phenols is 1. The summed E-state index contributed by atoms with van der Waals surface area (Å²) in [6.45, 7) is 2.30. The molecule has 0 radical (unpaired) electrons. The van der Waals surface area contributed by atoms with Crippen molar-refractivity contribution >= 4 is 29.1 Å². The van der Waals surface area contributed by atoms with E-state index in [1.807, 2.05) is 54.3 Å². The number of hydrogen-bond donors (Lipinski definition) is 2. The number of nitrogens with one attached hydrogen (secondary N) is 1. The van der Waals surface area contributed by atoms with Gasteiger partial charge < -0.3 is 14.7 Å². The van der Waals surface area contributed by atoms with Gasteiger partial charge in [-0.1, -0.05) is 47.5 Å². The summed E-state index contributed by atoms with van der Waals surface area (Å²) in [6.07, 6.45) is 0.654. The van der Waals surface area contributed by atoms with Gasteiger partial charge >= 0.3 is 0 Å². The molecule has 2 heterocycles. The van der Waals surface area contributed by atoms with Crippen LogP contribution in [-0.4, -0.2) is 39.8 Å². The number of aromatic amines is 1. The third kappa shape index (κ3) is 4.24. The fourth-order valence-electron chi connectivity index (χ4n) is 4.55. The molecule has 35 heavy (non-hydrogen) atoms. The molecule has 0 saturated carbocycles. The van der Waals surface area contributed by atoms with Gasteiger partial charge in [-0.25, -0.2) is 0 Å². The van der Waals surface area contributed by atoms with Crippen LogP contribution < -0.4 is 4.74 Å². The van der Waals surface area contributed by atoms with Gasteiger partial charge in [0, 0.05) is 27.7 Å². The summed E-state index contributed by atoms with van der Waals surface area (Å²) >= 11 is 12.7. The Morgan fingerprint density at radius 3 is 2.60 bits per heavy atom. The first-order valence-electron chi connectivity index (χ1n) is 11.1. The molecule has 0 bridgehead atoms. The molecule has 1 aromatic heterocycles. The van der Waals surface area contributed by atoms with E-state index in [-0.39, 0.29) is 11.7 Å². The Morgan fingerprint density at radius 1 is 1.11 bits per heavy atom. The Morgan fingerprint density at radius 2 is 1.89 bits per heavy atom. The first-order chi connectivity index (χ1) is 16.9. The number of rotatable bonds is 6. The van der Waals surface area contributed by atoms with E-state index in [1.165, 1.54) is 0 Å². The van der Waals surface area contributed by atoms with Crippen molar-refractivity contribution in [3.63, 3.8) is 0 Å². The number of halogens is 2. The highest BCUT2D eigenvalue weighted by atomic mass is 35.5. The smallest absolute Gasteiger partial charge is 0.273 e. The van der Waals surface area contributed by atoms with E-state index in [4.69, 9.17) is 27.9 Å². The van der Waals surface area contributed by atoms with Crippen LogP contribution in [0.3, 0.4) is 0 Å². The molecule has 1 unspecified atom stereocenters. The SMILES string of the molecule is COc1ccc(CCN2C(=O)c3[nH]nc(-c4cc(Cl)c(C)cc4O)c3C2c2cccc(Cl)c2)cc1. The third-order valence-electron chi connectivity index (χ3n) is 6.36. The van der Waals surface area contributed by atoms with Crippen LogP contribution in [0.2, 0.25) is 10.0 Å². The van der Waals surface area contributed by atoms with Gasteiger partial charge in [-0.2, -0.15) is 5.10 Å². The number of ether oxygens (including phenoxy) is 1. The molecular formula is C27H23Cl2N3O3. The number of H-pyrrole nitrogens is 1. The van der Waals surface area contributed by atoms with Crippen molar-refractivity contribution in [2.75, 3.05) is 13.7 Å². The molecule has 0 saturated heterocycles. The molecule has 6 nitrogen and oxygen atoms in total. The average Bonchev–Trinajstić information content (AvgIpc) is 3.39. The number of carbonyl (C=O) groups excluding carboxylic acids is 1. The van der Waals surface area contributed by atoms with Crippen LogP contribution in [-0.2, 0) is 6.42 Å². The largest absolute Gasteiger partial charge is 0.507 e. The quantitative estimate of drug-likeness (QED) is 0.325. The normalized spacial score (nSPS) is 14.9. The van der Waals surface area contributed by atoms with E-state index < -0.39 is 6.04 Å². The monoisotopic (exact) mass is 507 g/mol. The van der Waals surface area contributed by atoms with Gasteiger partial charge in [0.25, 0.3) is 5.91 Å². The van der Waals surface area contributed by atoms with Gasteiger partial charge in [-0.3, -0.25) is 9.89 Å². The maximum absolute atomic E-state index is 13.6. The number of phenolic OH excluding ortho intramolecular Hbond substituents is 1. The number of nitrogens with zero attached hydrogens (tertiary/aromatic N) is 2. The summed E-state index contributed by atoms with van der Waals surface area (Å²) in [5.41, 5.74) is 4.75. The summed E-state index contributed by atoms with van der Waals surface area (Å²) < 4.78 is 5.24. The van der Waals surface area contributed by atoms with Gasteiger partial charge in [-0.05, 0) is 66.4 Å². The Kier molecular flexibility index (Phi) is 6.17. The second-order valence-corrected chi connectivity index (χ2v) is 9.38. The molecule has 8 heteroatoms. The van der Waals surface area contributed by atoms with Crippen molar-refractivity contribution in [3.05, 3.63) is 98.7 Å². The predicted octanol–water partition coefficient (Wildman–Crippen LogP) is 6.19. The van der Waals surface area contributed by atoms with Crippen molar-refractivity contribution in [2.45, 2.75) is 19.4 Å². The number of aromatic hydroxyl groups is 1. The number of fused-ring (bicyclic) bond motifs is 1. The second-order valence-electron chi connectivity index (χ2n) is 8.53. The van der Waals surface area contributed by atoms with Crippen molar-refractivity contribution in [1.29, 1.82) is 0 Å². The molecule has 0 aliphatic carbocycles. The van der Waals surface area contributed by atoms with Crippen LogP contribution in [0.4, 0.5) is 0 Å². The first kappa shape index (κ1) is 23.3. The molecular weight excluding hydrogens is 485 g/mol. The highest BCUT2D eigenvalue weighted by molar-refractivity contribution is 6.31. The van der Waals surface area contributed by atoms with Gasteiger partial charge in [0.1, 0.15) is 22.9 Å². The predicted molar refractivity (Wildman–Crippen MR) is 136 cm³/mol. The minimum absolute atomic E-state index is 0.0511. The van der Waals surface area contributed by atoms with Crippen molar-refractivity contribution in [3.8, 4) is 22.8 Å². The lowest BCUT2D eigenvalue weighted by atomic mass is 9.95. The second kappa shape index (κ2) is 9.29. The number of amides is 1. The van der Waals surface area contributed by atoms with E-state index >= 15 is 0 Å². The summed E-state index contributed by atoms with van der Waals surface area (Å²) in [7, 11) is 1.63. The molecule has 178 valence electrons. The number of carbonyl (C=O) groups is 1. The summed E-state index contributed by atoms with van der Waals surface area (Å²) in [5, 5.41) is 19.1. The lowest BCUT2D eigenvalue weighted by Gasteiger charge is -2.26. The molecule has 2 N–H and O–H groups in total. The number of methoxy groups -OCH3 is 1. The minimum Gasteiger partial charge on any atom is -0.507 e. The van der Waals surface area contributed by atoms with Gasteiger partial charge in [0.15, 0.2) is 0 Å². The minimum atomic E-state index is -0.428. The van der Waals surface area contributed by atoms with Crippen LogP contribution in [0, 0.1) is 6.92 Å². The first-order valence-corrected chi connectivity index (χ1v) is 11.9. The lowest BCUT2D eigenvalue weighted by molar-refractivity contribution is 0.0746. The van der Waals surface area contributed by atoms with E-state index in [1.54, 1.807) is 25.3 Å². The fourth-order valence-corrected chi connectivity index (χ4v) is 4.92. The van der Waals surface area contributed by atoms with E-state index in [0.717, 1.165) is 22.4 Å². The molecule has 5 rings (SSSR count). The van der Waals surface area contributed by atoms with Crippen LogP contribution >= 0.6 is 23.2 Å². The maximum atomic E-state index is 13.6. The number of benzene rings is 3. The maximum Gasteiger partial charge on any atom is 0.273 e. The Hall–Kier alpha value is -3.48. The van der Waals surface area contributed by atoms with Crippen molar-refractivity contribution < 1.29 is 14.6 Å². The Bertz CT molecular complexity index is 1420. The Balaban J connectivity index is 1.57. The molecule has 3 aromatic carbocycles. The van der Waals surface area contributed by atoms with E-state index in [2.05, 4.69) is 10.2 Å². The van der Waals surface area contributed by atoms with Crippen LogP contribution in [0.25, 0.3) is 11.3 Å². The van der Waals surface area contributed by atoms with Crippen molar-refractivity contribution in [1.82, 2.24) is 15.1 Å². The zero-order valence-electron chi connectivity index (χ0n) is 19.2. The number of hydrogen-bond acceptors (Lipinski definition) is 4. The molecule has 4 aromatic rings. The molecule has 0 fully saturated rings. The van der Waals surface area contributed by atoms with Crippen LogP contribution in [0.5, 0.6) is 11.5 Å². The lowest BCUT2D eigenvalue weighted by Crippen LogP contribution is -2.31. The standard InChI is InChI=1S/C27H23Cl2N3O3/c1-15-12-22(33)20(14-21(15)29)24-23-25(31-30-24)27(34)32(26(23)17-4-3-5-18(28)13-17)11-10-16-6-8-19(35-2)9-7-16/h3-9,12-14,26,33H,10-11H2,1-2H3,(H,30,31). The average molecular weight is 508 g/mol. The zero-order valence-corrected chi connectivity index (χ0v) is 20.7. The fraction of sp³-hybridized carbons (Fsp3) is 0.185. The summed E-state index contributed by atoms with van der Waals surface area (Å²) in [5.74, 6) is 0.676.